The maximum absolute atomic E-state index is 11.1. The molecule has 2 aromatic heterocycles. The summed E-state index contributed by atoms with van der Waals surface area (Å²) >= 11 is 0. The van der Waals surface area contributed by atoms with Crippen LogP contribution in [0.5, 0.6) is 0 Å². The molecule has 0 radical (unpaired) electrons. The van der Waals surface area contributed by atoms with E-state index in [1.165, 1.54) is 50.2 Å². The minimum Gasteiger partial charge on any atom is -0.395 e. The Hall–Kier alpha value is -4.22. The van der Waals surface area contributed by atoms with Crippen molar-refractivity contribution < 1.29 is 13.6 Å². The summed E-state index contributed by atoms with van der Waals surface area (Å²) in [5.41, 5.74) is 13.7. The van der Waals surface area contributed by atoms with E-state index in [-0.39, 0.29) is 43.3 Å². The molecule has 1 aliphatic rings. The highest BCUT2D eigenvalue weighted by atomic mass is 16.6. The molecule has 6 rings (SSSR count). The van der Waals surface area contributed by atoms with Crippen LogP contribution in [0.4, 0.5) is 0 Å². The first kappa shape index (κ1) is 65.9. The molecule has 3 heterocycles. The Labute approximate surface area is 454 Å². The number of rotatable bonds is 1. The number of hydrogen-bond acceptors (Lipinski definition) is 5. The van der Waals surface area contributed by atoms with Gasteiger partial charge in [0.05, 0.1) is 12.2 Å². The van der Waals surface area contributed by atoms with Crippen molar-refractivity contribution in [2.45, 2.75) is 270 Å². The lowest BCUT2D eigenvalue weighted by molar-refractivity contribution is 0.236. The predicted molar refractivity (Wildman–Crippen MR) is 322 cm³/mol. The van der Waals surface area contributed by atoms with E-state index < -0.39 is 5.82 Å². The van der Waals surface area contributed by atoms with E-state index in [0.717, 1.165) is 0 Å². The smallest absolute Gasteiger partial charge is 0.395 e. The summed E-state index contributed by atoms with van der Waals surface area (Å²) in [4.78, 5) is 15.6. The fourth-order valence-electron chi connectivity index (χ4n) is 8.92. The molecule has 5 nitrogen and oxygen atoms in total. The van der Waals surface area contributed by atoms with Crippen molar-refractivity contribution in [1.29, 1.82) is 0 Å². The van der Waals surface area contributed by atoms with Crippen LogP contribution in [-0.4, -0.2) is 17.2 Å². The van der Waals surface area contributed by atoms with Gasteiger partial charge in [0.25, 0.3) is 0 Å². The lowest BCUT2D eigenvalue weighted by Crippen LogP contribution is -2.23. The number of benzene rings is 3. The Kier molecular flexibility index (Phi) is 21.0. The zero-order valence-corrected chi connectivity index (χ0v) is 53.3. The Morgan fingerprint density at radius 2 is 0.730 bits per heavy atom. The van der Waals surface area contributed by atoms with Crippen LogP contribution in [0.25, 0.3) is 11.1 Å². The molecule has 3 aromatic carbocycles. The number of epoxide rings is 1. The maximum atomic E-state index is 11.1. The molecule has 0 bridgehead atoms. The molecule has 2 unspecified atom stereocenters. The SMILES string of the molecule is CC(C)(C)C1OC1C(C)(C)C.CC(C)(C)c1ccccc1C(C)(C)C.CC(C)(C)c1cccnc1C(C)(C)C.CC(C)(C)c1oc(=O)oc1C(C)(C)C.Cc1cccc(-c2ccc(C(C)(C)C)c(C(C)(C)C)c2)c1. The van der Waals surface area contributed by atoms with Gasteiger partial charge >= 0.3 is 5.82 Å². The Morgan fingerprint density at radius 3 is 1.04 bits per heavy atom. The van der Waals surface area contributed by atoms with Crippen molar-refractivity contribution in [3.05, 3.63) is 146 Å². The van der Waals surface area contributed by atoms with Gasteiger partial charge in [-0.25, -0.2) is 4.79 Å². The van der Waals surface area contributed by atoms with Crippen LogP contribution in [0.1, 0.15) is 258 Å². The van der Waals surface area contributed by atoms with Crippen molar-refractivity contribution in [3.63, 3.8) is 0 Å². The molecule has 0 saturated carbocycles. The van der Waals surface area contributed by atoms with Gasteiger partial charge in [-0.05, 0) is 89.8 Å². The molecule has 5 heteroatoms. The number of aryl methyl sites for hydroxylation is 1. The second kappa shape index (κ2) is 23.6. The Bertz CT molecular complexity index is 2410. The average Bonchev–Trinajstić information content (AvgIpc) is 3.95. The van der Waals surface area contributed by atoms with Crippen LogP contribution >= 0.6 is 0 Å². The van der Waals surface area contributed by atoms with E-state index in [4.69, 9.17) is 13.6 Å². The molecule has 2 atom stereocenters. The lowest BCUT2D eigenvalue weighted by atomic mass is 9.74. The summed E-state index contributed by atoms with van der Waals surface area (Å²) in [6.07, 6.45) is 2.83. The van der Waals surface area contributed by atoms with E-state index in [1.807, 2.05) is 53.8 Å². The molecule has 74 heavy (non-hydrogen) atoms. The quantitative estimate of drug-likeness (QED) is 0.157. The third-order valence-electron chi connectivity index (χ3n) is 13.0. The highest BCUT2D eigenvalue weighted by Gasteiger charge is 2.52. The first-order chi connectivity index (χ1) is 32.9. The third kappa shape index (κ3) is 20.1. The molecule has 414 valence electrons. The molecule has 0 N–H and O–H groups in total. The summed E-state index contributed by atoms with van der Waals surface area (Å²) in [7, 11) is 0. The van der Waals surface area contributed by atoms with Gasteiger partial charge in [0.15, 0.2) is 11.5 Å². The maximum Gasteiger partial charge on any atom is 0.519 e. The van der Waals surface area contributed by atoms with Gasteiger partial charge in [-0.2, -0.15) is 0 Å². The third-order valence-corrected chi connectivity index (χ3v) is 13.0. The number of hydrogen-bond donors (Lipinski definition) is 0. The first-order valence-electron chi connectivity index (χ1n) is 27.5. The molecular weight excluding hydrogens is 907 g/mol. The number of aromatic nitrogens is 1. The fraction of sp³-hybridized carbons (Fsp3) is 0.623. The van der Waals surface area contributed by atoms with Crippen LogP contribution in [0, 0.1) is 17.8 Å². The first-order valence-corrected chi connectivity index (χ1v) is 27.5. The summed E-state index contributed by atoms with van der Waals surface area (Å²) in [6, 6.07) is 28.7. The van der Waals surface area contributed by atoms with Crippen LogP contribution in [0.2, 0.25) is 0 Å². The lowest BCUT2D eigenvalue weighted by Gasteiger charge is -2.30. The van der Waals surface area contributed by atoms with Crippen LogP contribution < -0.4 is 5.82 Å². The number of ether oxygens (including phenoxy) is 1. The van der Waals surface area contributed by atoms with Crippen LogP contribution in [0.3, 0.4) is 0 Å². The van der Waals surface area contributed by atoms with E-state index in [2.05, 4.69) is 251 Å². The molecule has 5 aromatic rings. The summed E-state index contributed by atoms with van der Waals surface area (Å²) in [5.74, 6) is 0.685. The van der Waals surface area contributed by atoms with Gasteiger partial charge < -0.3 is 13.6 Å². The minimum absolute atomic E-state index is 0.129. The zero-order valence-electron chi connectivity index (χ0n) is 53.3. The summed E-state index contributed by atoms with van der Waals surface area (Å²) < 4.78 is 15.8. The van der Waals surface area contributed by atoms with Gasteiger partial charge in [0.1, 0.15) is 0 Å². The minimum atomic E-state index is -0.611. The molecule has 1 aliphatic heterocycles. The average molecular weight is 1020 g/mol. The van der Waals surface area contributed by atoms with Crippen LogP contribution in [-0.2, 0) is 48.1 Å². The van der Waals surface area contributed by atoms with E-state index in [0.29, 0.717) is 34.6 Å². The zero-order chi connectivity index (χ0) is 57.8. The molecule has 0 spiro atoms. The topological polar surface area (TPSA) is 68.8 Å². The Balaban J connectivity index is 0.000000322. The standard InChI is InChI=1S/C21H28.C14H22.C13H21N.C11H18O3.C10H20O/c1-15-9-8-10-16(13-15)17-11-12-18(20(2,3)4)19(14-17)21(5,6)7;1-13(2,3)11-9-7-8-10-12(11)14(4,5)6;1-12(2,3)10-8-7-9-14-11(10)13(4,5)6;1-10(2,3)7-8(11(4,5)6)14-9(12)13-7;1-9(2,3)7-8(11-7)10(4,5)6/h8-14H,1-7H3;7-10H,1-6H3;7-9H,1-6H3;1-6H3;7-8H,1-6H3. The predicted octanol–water partition coefficient (Wildman–Crippen LogP) is 19.9. The van der Waals surface area contributed by atoms with Gasteiger partial charge in [-0.1, -0.05) is 286 Å². The second-order valence-corrected chi connectivity index (χ2v) is 31.4. The molecule has 1 fully saturated rings. The van der Waals surface area contributed by atoms with Crippen molar-refractivity contribution in [2.24, 2.45) is 10.8 Å². The second-order valence-electron chi connectivity index (χ2n) is 31.4. The molecule has 0 aliphatic carbocycles. The van der Waals surface area contributed by atoms with E-state index in [9.17, 15) is 4.79 Å². The van der Waals surface area contributed by atoms with Gasteiger partial charge in [-0.15, -0.1) is 0 Å². The monoisotopic (exact) mass is 1020 g/mol. The van der Waals surface area contributed by atoms with E-state index >= 15 is 0 Å². The molecule has 0 amide bonds. The normalized spacial score (nSPS) is 15.8. The van der Waals surface area contributed by atoms with Crippen molar-refractivity contribution in [3.8, 4) is 11.1 Å². The molecular formula is C69H109NO4. The fourth-order valence-corrected chi connectivity index (χ4v) is 8.92. The largest absolute Gasteiger partial charge is 0.519 e. The number of nitrogens with zero attached hydrogens (tertiary/aromatic N) is 1. The highest BCUT2D eigenvalue weighted by Crippen LogP contribution is 2.46. The van der Waals surface area contributed by atoms with Crippen molar-refractivity contribution in [1.82, 2.24) is 4.98 Å². The van der Waals surface area contributed by atoms with Gasteiger partial charge in [0, 0.05) is 28.1 Å². The molecule has 1 saturated heterocycles. The van der Waals surface area contributed by atoms with Gasteiger partial charge in [0.2, 0.25) is 0 Å². The number of pyridine rings is 1. The van der Waals surface area contributed by atoms with E-state index in [1.54, 1.807) is 0 Å². The van der Waals surface area contributed by atoms with Gasteiger partial charge in [-0.3, -0.25) is 4.98 Å². The summed E-state index contributed by atoms with van der Waals surface area (Å²) in [6.45, 7) is 68.4. The highest BCUT2D eigenvalue weighted by molar-refractivity contribution is 5.66. The van der Waals surface area contributed by atoms with Crippen LogP contribution in [0.15, 0.2) is 98.7 Å². The van der Waals surface area contributed by atoms with Crippen molar-refractivity contribution in [2.75, 3.05) is 0 Å². The summed E-state index contributed by atoms with van der Waals surface area (Å²) in [5, 5.41) is 0. The Morgan fingerprint density at radius 1 is 0.365 bits per heavy atom. The van der Waals surface area contributed by atoms with Crippen molar-refractivity contribution >= 4 is 0 Å².